The molecular formula is C17H11ClN2OS2. The quantitative estimate of drug-likeness (QED) is 0.510. The number of hydrogen-bond donors (Lipinski definition) is 0. The summed E-state index contributed by atoms with van der Waals surface area (Å²) in [7, 11) is 0. The van der Waals surface area contributed by atoms with Gasteiger partial charge in [0.05, 0.1) is 16.8 Å². The number of amides is 1. The summed E-state index contributed by atoms with van der Waals surface area (Å²) in [4.78, 5) is 17.8. The second-order valence-electron chi connectivity index (χ2n) is 4.59. The van der Waals surface area contributed by atoms with Crippen LogP contribution in [-0.4, -0.2) is 10.5 Å². The third kappa shape index (κ3) is 3.62. The molecule has 1 amide bonds. The van der Waals surface area contributed by atoms with Gasteiger partial charge in [-0.05, 0) is 35.7 Å². The molecule has 2 aromatic heterocycles. The molecule has 3 rings (SSSR count). The van der Waals surface area contributed by atoms with E-state index < -0.39 is 0 Å². The predicted octanol–water partition coefficient (Wildman–Crippen LogP) is 4.19. The van der Waals surface area contributed by atoms with Crippen LogP contribution in [-0.2, 0) is 11.3 Å². The number of aromatic nitrogens is 1. The van der Waals surface area contributed by atoms with Crippen molar-refractivity contribution in [3.8, 4) is 12.3 Å². The van der Waals surface area contributed by atoms with Crippen LogP contribution in [0.1, 0.15) is 4.88 Å². The zero-order valence-corrected chi connectivity index (χ0v) is 14.3. The molecule has 0 unspecified atom stereocenters. The maximum atomic E-state index is 12.1. The van der Waals surface area contributed by atoms with Crippen LogP contribution in [0.5, 0.6) is 0 Å². The average Bonchev–Trinajstić information content (AvgIpc) is 3.14. The zero-order chi connectivity index (χ0) is 16.2. The molecule has 0 saturated heterocycles. The van der Waals surface area contributed by atoms with Crippen LogP contribution < -0.4 is 4.80 Å². The maximum Gasteiger partial charge on any atom is 0.272 e. The molecule has 0 fully saturated rings. The lowest BCUT2D eigenvalue weighted by atomic mass is 10.3. The van der Waals surface area contributed by atoms with E-state index in [4.69, 9.17) is 18.0 Å². The predicted molar refractivity (Wildman–Crippen MR) is 97.6 cm³/mol. The van der Waals surface area contributed by atoms with Crippen LogP contribution in [0, 0.1) is 12.3 Å². The maximum absolute atomic E-state index is 12.1. The molecule has 0 spiro atoms. The lowest BCUT2D eigenvalue weighted by molar-refractivity contribution is -0.113. The normalized spacial score (nSPS) is 12.1. The Hall–Kier alpha value is -2.13. The van der Waals surface area contributed by atoms with Crippen molar-refractivity contribution in [3.63, 3.8) is 0 Å². The SMILES string of the molecule is C#CCn1c(=NC(=O)/C=C/c2cccs2)sc2cc(Cl)ccc21. The first-order valence-corrected chi connectivity index (χ1v) is 8.77. The van der Waals surface area contributed by atoms with Gasteiger partial charge in [0, 0.05) is 16.0 Å². The number of thiazole rings is 1. The Morgan fingerprint density at radius 1 is 1.43 bits per heavy atom. The number of rotatable bonds is 3. The molecule has 6 heteroatoms. The minimum Gasteiger partial charge on any atom is -0.305 e. The highest BCUT2D eigenvalue weighted by Gasteiger charge is 2.07. The van der Waals surface area contributed by atoms with Gasteiger partial charge in [-0.2, -0.15) is 4.99 Å². The van der Waals surface area contributed by atoms with Crippen molar-refractivity contribution in [2.24, 2.45) is 4.99 Å². The van der Waals surface area contributed by atoms with Gasteiger partial charge in [-0.3, -0.25) is 4.79 Å². The van der Waals surface area contributed by atoms with Gasteiger partial charge in [-0.1, -0.05) is 34.9 Å². The molecule has 0 aliphatic carbocycles. The molecule has 114 valence electrons. The monoisotopic (exact) mass is 358 g/mol. The minimum atomic E-state index is -0.318. The van der Waals surface area contributed by atoms with E-state index in [0.717, 1.165) is 15.1 Å². The first kappa shape index (κ1) is 15.8. The summed E-state index contributed by atoms with van der Waals surface area (Å²) in [6, 6.07) is 9.40. The third-order valence-corrected chi connectivity index (χ3v) is 5.15. The van der Waals surface area contributed by atoms with Crippen molar-refractivity contribution in [1.82, 2.24) is 4.57 Å². The van der Waals surface area contributed by atoms with Gasteiger partial charge >= 0.3 is 0 Å². The minimum absolute atomic E-state index is 0.318. The second-order valence-corrected chi connectivity index (χ2v) is 7.01. The summed E-state index contributed by atoms with van der Waals surface area (Å²) >= 11 is 8.98. The Morgan fingerprint density at radius 2 is 2.30 bits per heavy atom. The van der Waals surface area contributed by atoms with Gasteiger partial charge in [-0.15, -0.1) is 17.8 Å². The lowest BCUT2D eigenvalue weighted by Crippen LogP contribution is -2.15. The van der Waals surface area contributed by atoms with Crippen LogP contribution in [0.2, 0.25) is 5.02 Å². The van der Waals surface area contributed by atoms with Crippen LogP contribution in [0.15, 0.2) is 46.8 Å². The van der Waals surface area contributed by atoms with E-state index in [0.29, 0.717) is 16.4 Å². The number of fused-ring (bicyclic) bond motifs is 1. The standard InChI is InChI=1S/C17H11ClN2OS2/c1-2-9-20-14-7-5-12(18)11-15(14)23-17(20)19-16(21)8-6-13-4-3-10-22-13/h1,3-8,10-11H,9H2/b8-6+,19-17?. The molecule has 2 heterocycles. The number of terminal acetylenes is 1. The highest BCUT2D eigenvalue weighted by atomic mass is 35.5. The zero-order valence-electron chi connectivity index (χ0n) is 11.9. The second kappa shape index (κ2) is 6.97. The van der Waals surface area contributed by atoms with Crippen molar-refractivity contribution >= 4 is 56.5 Å². The Morgan fingerprint density at radius 3 is 3.04 bits per heavy atom. The van der Waals surface area contributed by atoms with Gasteiger partial charge in [0.15, 0.2) is 4.80 Å². The molecule has 1 aromatic carbocycles. The lowest BCUT2D eigenvalue weighted by Gasteiger charge is -1.99. The van der Waals surface area contributed by atoms with Crippen molar-refractivity contribution in [1.29, 1.82) is 0 Å². The van der Waals surface area contributed by atoms with Crippen molar-refractivity contribution in [3.05, 3.63) is 56.5 Å². The van der Waals surface area contributed by atoms with E-state index in [-0.39, 0.29) is 5.91 Å². The highest BCUT2D eigenvalue weighted by molar-refractivity contribution is 7.16. The molecule has 23 heavy (non-hydrogen) atoms. The fourth-order valence-corrected chi connectivity index (χ4v) is 3.98. The molecule has 0 atom stereocenters. The molecule has 0 N–H and O–H groups in total. The van der Waals surface area contributed by atoms with E-state index in [1.165, 1.54) is 17.4 Å². The summed E-state index contributed by atoms with van der Waals surface area (Å²) in [6.45, 7) is 0.350. The Labute approximate surface area is 146 Å². The van der Waals surface area contributed by atoms with E-state index in [9.17, 15) is 4.79 Å². The third-order valence-electron chi connectivity index (χ3n) is 3.03. The summed E-state index contributed by atoms with van der Waals surface area (Å²) < 4.78 is 2.79. The van der Waals surface area contributed by atoms with Gasteiger partial charge in [-0.25, -0.2) is 0 Å². The first-order chi connectivity index (χ1) is 11.2. The van der Waals surface area contributed by atoms with E-state index in [2.05, 4.69) is 10.9 Å². The van der Waals surface area contributed by atoms with Gasteiger partial charge in [0.2, 0.25) is 0 Å². The summed E-state index contributed by atoms with van der Waals surface area (Å²) in [6.07, 6.45) is 8.65. The summed E-state index contributed by atoms with van der Waals surface area (Å²) in [5, 5.41) is 2.60. The largest absolute Gasteiger partial charge is 0.305 e. The number of carbonyl (C=O) groups excluding carboxylic acids is 1. The topological polar surface area (TPSA) is 34.4 Å². The molecule has 0 radical (unpaired) electrons. The fraction of sp³-hybridized carbons (Fsp3) is 0.0588. The molecule has 3 nitrogen and oxygen atoms in total. The van der Waals surface area contributed by atoms with Crippen LogP contribution in [0.25, 0.3) is 16.3 Å². The number of carbonyl (C=O) groups is 1. The van der Waals surface area contributed by atoms with Crippen molar-refractivity contribution in [2.45, 2.75) is 6.54 Å². The van der Waals surface area contributed by atoms with Gasteiger partial charge in [0.25, 0.3) is 5.91 Å². The van der Waals surface area contributed by atoms with E-state index >= 15 is 0 Å². The molecule has 0 aliphatic rings. The van der Waals surface area contributed by atoms with E-state index in [1.807, 2.05) is 34.2 Å². The van der Waals surface area contributed by atoms with Crippen molar-refractivity contribution < 1.29 is 4.79 Å². The number of thiophene rings is 1. The van der Waals surface area contributed by atoms with E-state index in [1.54, 1.807) is 23.5 Å². The highest BCUT2D eigenvalue weighted by Crippen LogP contribution is 2.21. The van der Waals surface area contributed by atoms with Crippen LogP contribution >= 0.6 is 34.3 Å². The summed E-state index contributed by atoms with van der Waals surface area (Å²) in [5.74, 6) is 2.28. The molecule has 0 aliphatic heterocycles. The van der Waals surface area contributed by atoms with Crippen molar-refractivity contribution in [2.75, 3.05) is 0 Å². The fourth-order valence-electron chi connectivity index (χ4n) is 2.05. The van der Waals surface area contributed by atoms with Crippen LogP contribution in [0.3, 0.4) is 0 Å². The van der Waals surface area contributed by atoms with Gasteiger partial charge < -0.3 is 4.57 Å². The molecular weight excluding hydrogens is 348 g/mol. The molecule has 0 saturated carbocycles. The molecule has 3 aromatic rings. The van der Waals surface area contributed by atoms with Gasteiger partial charge in [0.1, 0.15) is 0 Å². The average molecular weight is 359 g/mol. The Kier molecular flexibility index (Phi) is 4.77. The number of benzene rings is 1. The molecule has 0 bridgehead atoms. The number of halogens is 1. The smallest absolute Gasteiger partial charge is 0.272 e. The number of nitrogens with zero attached hydrogens (tertiary/aromatic N) is 2. The Bertz CT molecular complexity index is 988. The first-order valence-electron chi connectivity index (χ1n) is 6.70. The Balaban J connectivity index is 2.02. The van der Waals surface area contributed by atoms with Crippen LogP contribution in [0.4, 0.5) is 0 Å². The summed E-state index contributed by atoms with van der Waals surface area (Å²) in [5.41, 5.74) is 0.922. The number of hydrogen-bond acceptors (Lipinski definition) is 3.